The fourth-order valence-electron chi connectivity index (χ4n) is 4.39. The first kappa shape index (κ1) is 19.1. The second kappa shape index (κ2) is 9.33. The second-order valence-electron chi connectivity index (χ2n) is 7.98. The fraction of sp³-hybridized carbons (Fsp3) is 0.458. The first-order valence-corrected chi connectivity index (χ1v) is 10.6. The summed E-state index contributed by atoms with van der Waals surface area (Å²) in [5.41, 5.74) is 2.26. The Kier molecular flexibility index (Phi) is 6.38. The van der Waals surface area contributed by atoms with E-state index in [1.807, 2.05) is 6.07 Å². The Morgan fingerprint density at radius 2 is 1.79 bits per heavy atom. The molecule has 0 amide bonds. The Hall–Kier alpha value is -2.20. The van der Waals surface area contributed by atoms with Gasteiger partial charge >= 0.3 is 0 Å². The van der Waals surface area contributed by atoms with Gasteiger partial charge in [0.1, 0.15) is 11.7 Å². The molecule has 0 radical (unpaired) electrons. The molecule has 1 atom stereocenters. The Bertz CT molecular complexity index is 783. The molecule has 4 rings (SSSR count). The Morgan fingerprint density at radius 1 is 0.964 bits per heavy atom. The van der Waals surface area contributed by atoms with Gasteiger partial charge in [0.2, 0.25) is 0 Å². The Morgan fingerprint density at radius 3 is 2.57 bits per heavy atom. The van der Waals surface area contributed by atoms with Crippen molar-refractivity contribution in [3.8, 4) is 0 Å². The van der Waals surface area contributed by atoms with E-state index in [0.717, 1.165) is 30.9 Å². The zero-order chi connectivity index (χ0) is 19.2. The quantitative estimate of drug-likeness (QED) is 0.801. The first-order chi connectivity index (χ1) is 13.8. The van der Waals surface area contributed by atoms with Crippen LogP contribution < -0.4 is 5.32 Å². The van der Waals surface area contributed by atoms with Crippen molar-refractivity contribution in [2.45, 2.75) is 57.2 Å². The first-order valence-electron chi connectivity index (χ1n) is 10.6. The highest BCUT2D eigenvalue weighted by Gasteiger charge is 2.27. The summed E-state index contributed by atoms with van der Waals surface area (Å²) in [6.07, 6.45) is 7.29. The van der Waals surface area contributed by atoms with Crippen LogP contribution in [0.15, 0.2) is 59.6 Å². The molecular formula is C24H30FN3. The topological polar surface area (TPSA) is 27.6 Å². The van der Waals surface area contributed by atoms with E-state index >= 15 is 0 Å². The van der Waals surface area contributed by atoms with Gasteiger partial charge in [-0.1, -0.05) is 61.7 Å². The molecule has 2 aromatic rings. The van der Waals surface area contributed by atoms with Gasteiger partial charge in [-0.25, -0.2) is 4.39 Å². The van der Waals surface area contributed by atoms with Crippen molar-refractivity contribution in [1.82, 2.24) is 10.2 Å². The van der Waals surface area contributed by atoms with Crippen LogP contribution in [0.3, 0.4) is 0 Å². The van der Waals surface area contributed by atoms with Crippen LogP contribution in [0.25, 0.3) is 0 Å². The molecule has 2 aliphatic rings. The van der Waals surface area contributed by atoms with Crippen LogP contribution in [0.1, 0.15) is 55.7 Å². The lowest BCUT2D eigenvalue weighted by Crippen LogP contribution is -2.39. The van der Waals surface area contributed by atoms with E-state index in [9.17, 15) is 4.39 Å². The maximum Gasteiger partial charge on any atom is 0.123 e. The molecule has 1 saturated heterocycles. The lowest BCUT2D eigenvalue weighted by Gasteiger charge is -2.31. The summed E-state index contributed by atoms with van der Waals surface area (Å²) in [5, 5.41) is 3.72. The maximum atomic E-state index is 13.8. The third-order valence-corrected chi connectivity index (χ3v) is 5.82. The molecule has 28 heavy (non-hydrogen) atoms. The summed E-state index contributed by atoms with van der Waals surface area (Å²) >= 11 is 0. The molecule has 3 nitrogen and oxygen atoms in total. The van der Waals surface area contributed by atoms with E-state index < -0.39 is 0 Å². The summed E-state index contributed by atoms with van der Waals surface area (Å²) in [5.74, 6) is 0.954. The summed E-state index contributed by atoms with van der Waals surface area (Å²) in [6, 6.07) is 18.1. The van der Waals surface area contributed by atoms with Crippen molar-refractivity contribution in [3.05, 3.63) is 71.5 Å². The predicted molar refractivity (Wildman–Crippen MR) is 113 cm³/mol. The molecule has 1 heterocycles. The number of aliphatic imine (C=N–C) groups is 1. The van der Waals surface area contributed by atoms with E-state index in [0.29, 0.717) is 12.6 Å². The molecule has 1 aliphatic heterocycles. The largest absolute Gasteiger partial charge is 0.354 e. The molecule has 0 bridgehead atoms. The summed E-state index contributed by atoms with van der Waals surface area (Å²) < 4.78 is 13.8. The van der Waals surface area contributed by atoms with Crippen LogP contribution in [0.4, 0.5) is 4.39 Å². The van der Waals surface area contributed by atoms with Gasteiger partial charge in [0.25, 0.3) is 0 Å². The molecule has 1 saturated carbocycles. The van der Waals surface area contributed by atoms with E-state index in [-0.39, 0.29) is 11.9 Å². The van der Waals surface area contributed by atoms with Crippen LogP contribution in [0.5, 0.6) is 0 Å². The van der Waals surface area contributed by atoms with Crippen LogP contribution in [-0.2, 0) is 6.54 Å². The molecule has 1 aliphatic carbocycles. The van der Waals surface area contributed by atoms with Crippen molar-refractivity contribution in [1.29, 1.82) is 0 Å². The maximum absolute atomic E-state index is 13.8. The number of hydrogen-bond donors (Lipinski definition) is 1. The number of hydrogen-bond acceptors (Lipinski definition) is 2. The monoisotopic (exact) mass is 379 g/mol. The highest BCUT2D eigenvalue weighted by molar-refractivity contribution is 5.89. The second-order valence-corrected chi connectivity index (χ2v) is 7.98. The SMILES string of the molecule is Fc1cccc(CN2CCCNC(c3ccccc3)/C2=N/C2CCCCC2)c1. The van der Waals surface area contributed by atoms with Gasteiger partial charge in [0.15, 0.2) is 0 Å². The summed E-state index contributed by atoms with van der Waals surface area (Å²) in [7, 11) is 0. The van der Waals surface area contributed by atoms with Gasteiger partial charge in [0.05, 0.1) is 12.1 Å². The lowest BCUT2D eigenvalue weighted by molar-refractivity contribution is 0.391. The summed E-state index contributed by atoms with van der Waals surface area (Å²) in [6.45, 7) is 2.61. The fourth-order valence-corrected chi connectivity index (χ4v) is 4.39. The number of nitrogens with zero attached hydrogens (tertiary/aromatic N) is 2. The van der Waals surface area contributed by atoms with Gasteiger partial charge < -0.3 is 10.2 Å². The average molecular weight is 380 g/mol. The smallest absolute Gasteiger partial charge is 0.123 e. The molecule has 0 aromatic heterocycles. The van der Waals surface area contributed by atoms with Crippen LogP contribution in [0.2, 0.25) is 0 Å². The normalized spacial score (nSPS) is 23.0. The zero-order valence-electron chi connectivity index (χ0n) is 16.5. The molecule has 0 spiro atoms. The predicted octanol–water partition coefficient (Wildman–Crippen LogP) is 5.09. The molecule has 1 N–H and O–H groups in total. The van der Waals surface area contributed by atoms with Crippen LogP contribution in [-0.4, -0.2) is 29.9 Å². The minimum Gasteiger partial charge on any atom is -0.354 e. The summed E-state index contributed by atoms with van der Waals surface area (Å²) in [4.78, 5) is 7.68. The zero-order valence-corrected chi connectivity index (χ0v) is 16.5. The minimum absolute atomic E-state index is 0.0965. The van der Waals surface area contributed by atoms with Crippen molar-refractivity contribution >= 4 is 5.84 Å². The number of halogens is 1. The molecule has 1 unspecified atom stereocenters. The van der Waals surface area contributed by atoms with Gasteiger partial charge in [-0.15, -0.1) is 0 Å². The standard InChI is InChI=1S/C24H30FN3/c25-21-12-7-9-19(17-21)18-28-16-8-15-26-23(20-10-3-1-4-11-20)24(28)27-22-13-5-2-6-14-22/h1,3-4,7,9-12,17,22-23,26H,2,5-6,8,13-16,18H2/b27-24-. The lowest BCUT2D eigenvalue weighted by atomic mass is 9.95. The molecule has 2 fully saturated rings. The Balaban J connectivity index is 1.67. The Labute approximate surface area is 167 Å². The highest BCUT2D eigenvalue weighted by atomic mass is 19.1. The molecule has 4 heteroatoms. The minimum atomic E-state index is -0.171. The van der Waals surface area contributed by atoms with Crippen molar-refractivity contribution in [2.75, 3.05) is 13.1 Å². The molecular weight excluding hydrogens is 349 g/mol. The van der Waals surface area contributed by atoms with Crippen molar-refractivity contribution in [2.24, 2.45) is 4.99 Å². The van der Waals surface area contributed by atoms with Crippen molar-refractivity contribution in [3.63, 3.8) is 0 Å². The van der Waals surface area contributed by atoms with Gasteiger partial charge in [0, 0.05) is 13.1 Å². The third-order valence-electron chi connectivity index (χ3n) is 5.82. The number of amidine groups is 1. The van der Waals surface area contributed by atoms with Crippen LogP contribution in [0, 0.1) is 5.82 Å². The van der Waals surface area contributed by atoms with E-state index in [1.165, 1.54) is 43.7 Å². The third kappa shape index (κ3) is 4.79. The average Bonchev–Trinajstić information content (AvgIpc) is 2.92. The van der Waals surface area contributed by atoms with Gasteiger partial charge in [-0.2, -0.15) is 0 Å². The van der Waals surface area contributed by atoms with Gasteiger partial charge in [-0.05, 0) is 49.1 Å². The van der Waals surface area contributed by atoms with E-state index in [1.54, 1.807) is 12.1 Å². The number of rotatable bonds is 4. The van der Waals surface area contributed by atoms with E-state index in [2.05, 4.69) is 40.5 Å². The number of nitrogens with one attached hydrogen (secondary N) is 1. The highest BCUT2D eigenvalue weighted by Crippen LogP contribution is 2.26. The van der Waals surface area contributed by atoms with E-state index in [4.69, 9.17) is 4.99 Å². The van der Waals surface area contributed by atoms with Gasteiger partial charge in [-0.3, -0.25) is 4.99 Å². The number of benzene rings is 2. The van der Waals surface area contributed by atoms with Crippen LogP contribution >= 0.6 is 0 Å². The van der Waals surface area contributed by atoms with Crippen molar-refractivity contribution < 1.29 is 4.39 Å². The molecule has 2 aromatic carbocycles. The molecule has 148 valence electrons.